The normalized spacial score (nSPS) is 11.3. The molecule has 3 aromatic rings. The first-order valence-corrected chi connectivity index (χ1v) is 7.64. The Morgan fingerprint density at radius 1 is 1.13 bits per heavy atom. The van der Waals surface area contributed by atoms with Crippen molar-refractivity contribution >= 4 is 41.6 Å². The van der Waals surface area contributed by atoms with Crippen LogP contribution in [-0.4, -0.2) is 21.1 Å². The average molecular weight is 367 g/mol. The molecule has 3 rings (SSSR count). The van der Waals surface area contributed by atoms with Crippen molar-refractivity contribution < 1.29 is 4.39 Å². The van der Waals surface area contributed by atoms with Crippen molar-refractivity contribution in [2.45, 2.75) is 0 Å². The van der Waals surface area contributed by atoms with Gasteiger partial charge in [-0.2, -0.15) is 14.9 Å². The zero-order chi connectivity index (χ0) is 16.4. The van der Waals surface area contributed by atoms with E-state index in [2.05, 4.69) is 15.3 Å². The lowest BCUT2D eigenvalue weighted by Crippen LogP contribution is -1.96. The summed E-state index contributed by atoms with van der Waals surface area (Å²) in [6.45, 7) is 0. The van der Waals surface area contributed by atoms with E-state index in [9.17, 15) is 4.39 Å². The van der Waals surface area contributed by atoms with Gasteiger partial charge in [0.05, 0.1) is 16.3 Å². The zero-order valence-corrected chi connectivity index (χ0v) is 13.8. The molecule has 0 bridgehead atoms. The van der Waals surface area contributed by atoms with E-state index in [1.165, 1.54) is 23.0 Å². The van der Waals surface area contributed by atoms with E-state index in [0.717, 1.165) is 0 Å². The van der Waals surface area contributed by atoms with E-state index in [4.69, 9.17) is 35.4 Å². The second-order valence-electron chi connectivity index (χ2n) is 4.55. The molecule has 0 fully saturated rings. The van der Waals surface area contributed by atoms with Gasteiger partial charge in [0.15, 0.2) is 5.82 Å². The summed E-state index contributed by atoms with van der Waals surface area (Å²) >= 11 is 17.4. The molecule has 0 spiro atoms. The second kappa shape index (κ2) is 6.62. The fraction of sp³-hybridized carbons (Fsp3) is 0. The standard InChI is InChI=1S/C15H9Cl2FN4S/c16-12-2-1-3-13(17)11(12)8-19-22-14(20-21-15(22)23)9-4-6-10(18)7-5-9/h1-8H,(H,21,23)/b19-8+. The molecule has 23 heavy (non-hydrogen) atoms. The predicted molar refractivity (Wildman–Crippen MR) is 92.3 cm³/mol. The van der Waals surface area contributed by atoms with Gasteiger partial charge >= 0.3 is 0 Å². The highest BCUT2D eigenvalue weighted by molar-refractivity contribution is 7.71. The average Bonchev–Trinajstić information content (AvgIpc) is 2.89. The Kier molecular flexibility index (Phi) is 4.56. The van der Waals surface area contributed by atoms with Crippen LogP contribution in [0.5, 0.6) is 0 Å². The number of aromatic amines is 1. The first-order chi connectivity index (χ1) is 11.1. The molecule has 0 radical (unpaired) electrons. The summed E-state index contributed by atoms with van der Waals surface area (Å²) in [6.07, 6.45) is 1.50. The van der Waals surface area contributed by atoms with Crippen molar-refractivity contribution in [1.82, 2.24) is 14.9 Å². The maximum absolute atomic E-state index is 13.1. The summed E-state index contributed by atoms with van der Waals surface area (Å²) < 4.78 is 14.8. The van der Waals surface area contributed by atoms with Crippen molar-refractivity contribution in [3.63, 3.8) is 0 Å². The van der Waals surface area contributed by atoms with Gasteiger partial charge < -0.3 is 0 Å². The van der Waals surface area contributed by atoms with Gasteiger partial charge in [-0.1, -0.05) is 29.3 Å². The Hall–Kier alpha value is -2.02. The van der Waals surface area contributed by atoms with Crippen LogP contribution < -0.4 is 0 Å². The number of rotatable bonds is 3. The molecule has 0 atom stereocenters. The molecule has 0 saturated heterocycles. The number of aromatic nitrogens is 3. The largest absolute Gasteiger partial charge is 0.250 e. The monoisotopic (exact) mass is 366 g/mol. The lowest BCUT2D eigenvalue weighted by Gasteiger charge is -2.03. The van der Waals surface area contributed by atoms with Crippen molar-refractivity contribution in [3.05, 3.63) is 68.7 Å². The molecular formula is C15H9Cl2FN4S. The molecule has 1 aromatic heterocycles. The highest BCUT2D eigenvalue weighted by atomic mass is 35.5. The molecule has 2 aromatic carbocycles. The summed E-state index contributed by atoms with van der Waals surface area (Å²) in [6, 6.07) is 11.0. The number of halogens is 3. The number of nitrogens with one attached hydrogen (secondary N) is 1. The third-order valence-electron chi connectivity index (χ3n) is 3.05. The van der Waals surface area contributed by atoms with Crippen molar-refractivity contribution in [3.8, 4) is 11.4 Å². The van der Waals surface area contributed by atoms with E-state index in [1.54, 1.807) is 30.3 Å². The molecule has 0 aliphatic rings. The van der Waals surface area contributed by atoms with Gasteiger partial charge in [-0.05, 0) is 48.6 Å². The summed E-state index contributed by atoms with van der Waals surface area (Å²) in [5.41, 5.74) is 1.24. The van der Waals surface area contributed by atoms with Crippen LogP contribution in [0.15, 0.2) is 47.6 Å². The Labute approximate surface area is 146 Å². The molecular weight excluding hydrogens is 358 g/mol. The van der Waals surface area contributed by atoms with Crippen LogP contribution in [0.2, 0.25) is 10.0 Å². The Morgan fingerprint density at radius 3 is 2.43 bits per heavy atom. The molecule has 0 aliphatic carbocycles. The van der Waals surface area contributed by atoms with Crippen molar-refractivity contribution in [2.24, 2.45) is 5.10 Å². The number of nitrogens with zero attached hydrogens (tertiary/aromatic N) is 3. The first-order valence-electron chi connectivity index (χ1n) is 6.48. The quantitative estimate of drug-likeness (QED) is 0.527. The minimum Gasteiger partial charge on any atom is -0.250 e. The molecule has 0 unspecified atom stereocenters. The minimum absolute atomic E-state index is 0.295. The molecule has 1 heterocycles. The summed E-state index contributed by atoms with van der Waals surface area (Å²) in [4.78, 5) is 0. The lowest BCUT2D eigenvalue weighted by atomic mass is 10.2. The van der Waals surface area contributed by atoms with Gasteiger partial charge in [-0.25, -0.2) is 9.49 Å². The topological polar surface area (TPSA) is 46.0 Å². The van der Waals surface area contributed by atoms with E-state index >= 15 is 0 Å². The molecule has 0 saturated carbocycles. The highest BCUT2D eigenvalue weighted by Gasteiger charge is 2.09. The van der Waals surface area contributed by atoms with Crippen LogP contribution in [0.25, 0.3) is 11.4 Å². The summed E-state index contributed by atoms with van der Waals surface area (Å²) in [5, 5.41) is 12.0. The number of hydrogen-bond donors (Lipinski definition) is 1. The van der Waals surface area contributed by atoms with Crippen LogP contribution in [0.4, 0.5) is 4.39 Å². The maximum atomic E-state index is 13.1. The number of benzene rings is 2. The summed E-state index contributed by atoms with van der Waals surface area (Å²) in [5.74, 6) is 0.121. The third kappa shape index (κ3) is 3.34. The SMILES string of the molecule is Fc1ccc(-c2n[nH]c(=S)n2/N=C/c2c(Cl)cccc2Cl)cc1. The van der Waals surface area contributed by atoms with E-state index < -0.39 is 0 Å². The Bertz CT molecular complexity index is 911. The maximum Gasteiger partial charge on any atom is 0.216 e. The van der Waals surface area contributed by atoms with Crippen molar-refractivity contribution in [2.75, 3.05) is 0 Å². The van der Waals surface area contributed by atoms with Crippen molar-refractivity contribution in [1.29, 1.82) is 0 Å². The lowest BCUT2D eigenvalue weighted by molar-refractivity contribution is 0.628. The van der Waals surface area contributed by atoms with E-state index in [1.807, 2.05) is 0 Å². The zero-order valence-electron chi connectivity index (χ0n) is 11.5. The third-order valence-corrected chi connectivity index (χ3v) is 3.98. The molecule has 0 aliphatic heterocycles. The van der Waals surface area contributed by atoms with Crippen LogP contribution in [-0.2, 0) is 0 Å². The van der Waals surface area contributed by atoms with E-state index in [0.29, 0.717) is 31.8 Å². The van der Waals surface area contributed by atoms with Crippen LogP contribution in [0, 0.1) is 10.6 Å². The minimum atomic E-state index is -0.333. The second-order valence-corrected chi connectivity index (χ2v) is 5.75. The van der Waals surface area contributed by atoms with Crippen LogP contribution in [0.1, 0.15) is 5.56 Å². The fourth-order valence-corrected chi connectivity index (χ4v) is 2.61. The molecule has 8 heteroatoms. The predicted octanol–water partition coefficient (Wildman–Crippen LogP) is 4.94. The van der Waals surface area contributed by atoms with Gasteiger partial charge in [0.1, 0.15) is 5.82 Å². The number of H-pyrrole nitrogens is 1. The molecule has 4 nitrogen and oxygen atoms in total. The number of hydrogen-bond acceptors (Lipinski definition) is 3. The molecule has 116 valence electrons. The van der Waals surface area contributed by atoms with Gasteiger partial charge in [0.2, 0.25) is 4.77 Å². The van der Waals surface area contributed by atoms with Gasteiger partial charge in [0, 0.05) is 11.1 Å². The highest BCUT2D eigenvalue weighted by Crippen LogP contribution is 2.23. The Balaban J connectivity index is 2.04. The summed E-state index contributed by atoms with van der Waals surface area (Å²) in [7, 11) is 0. The van der Waals surface area contributed by atoms with Gasteiger partial charge in [0.25, 0.3) is 0 Å². The smallest absolute Gasteiger partial charge is 0.216 e. The fourth-order valence-electron chi connectivity index (χ4n) is 1.93. The van der Waals surface area contributed by atoms with Crippen LogP contribution >= 0.6 is 35.4 Å². The first kappa shape index (κ1) is 15.9. The molecule has 1 N–H and O–H groups in total. The Morgan fingerprint density at radius 2 is 1.78 bits per heavy atom. The van der Waals surface area contributed by atoms with Gasteiger partial charge in [-0.3, -0.25) is 0 Å². The van der Waals surface area contributed by atoms with E-state index in [-0.39, 0.29) is 5.82 Å². The van der Waals surface area contributed by atoms with Gasteiger partial charge in [-0.15, -0.1) is 0 Å². The van der Waals surface area contributed by atoms with Crippen LogP contribution in [0.3, 0.4) is 0 Å². The molecule has 0 amide bonds.